The predicted molar refractivity (Wildman–Crippen MR) is 77.5 cm³/mol. The van der Waals surface area contributed by atoms with E-state index in [4.69, 9.17) is 4.74 Å². The molecule has 2 N–H and O–H groups in total. The Bertz CT molecular complexity index is 527. The van der Waals surface area contributed by atoms with Crippen LogP contribution in [0, 0.1) is 0 Å². The van der Waals surface area contributed by atoms with Crippen LogP contribution < -0.4 is 10.1 Å². The van der Waals surface area contributed by atoms with E-state index >= 15 is 0 Å². The number of para-hydroxylation sites is 2. The Morgan fingerprint density at radius 2 is 1.68 bits per heavy atom. The molecule has 0 fully saturated rings. The predicted octanol–water partition coefficient (Wildman–Crippen LogP) is 3.01. The van der Waals surface area contributed by atoms with Gasteiger partial charge in [0.05, 0.1) is 19.3 Å². The van der Waals surface area contributed by atoms with E-state index in [2.05, 4.69) is 5.32 Å². The molecule has 2 aromatic carbocycles. The quantitative estimate of drug-likeness (QED) is 0.865. The first-order valence-electron chi connectivity index (χ1n) is 6.27. The van der Waals surface area contributed by atoms with E-state index in [0.29, 0.717) is 0 Å². The second-order valence-electron chi connectivity index (χ2n) is 4.68. The average molecular weight is 257 g/mol. The fourth-order valence-corrected chi connectivity index (χ4v) is 2.13. The van der Waals surface area contributed by atoms with Gasteiger partial charge >= 0.3 is 0 Å². The second-order valence-corrected chi connectivity index (χ2v) is 4.68. The summed E-state index contributed by atoms with van der Waals surface area (Å²) in [6.07, 6.45) is 0. The van der Waals surface area contributed by atoms with Crippen molar-refractivity contribution in [3.8, 4) is 5.75 Å². The SMILES string of the molecule is COc1ccccc1C(C)(CO)Nc1ccccc1. The molecule has 0 heterocycles. The van der Waals surface area contributed by atoms with Gasteiger partial charge in [0.1, 0.15) is 5.75 Å². The molecule has 100 valence electrons. The molecule has 0 aromatic heterocycles. The van der Waals surface area contributed by atoms with Crippen LogP contribution in [-0.2, 0) is 5.54 Å². The maximum atomic E-state index is 9.80. The van der Waals surface area contributed by atoms with Crippen LogP contribution in [0.3, 0.4) is 0 Å². The zero-order valence-corrected chi connectivity index (χ0v) is 11.3. The highest BCUT2D eigenvalue weighted by atomic mass is 16.5. The molecule has 1 atom stereocenters. The van der Waals surface area contributed by atoms with Crippen molar-refractivity contribution in [2.75, 3.05) is 19.0 Å². The van der Waals surface area contributed by atoms with Gasteiger partial charge in [0.2, 0.25) is 0 Å². The standard InChI is InChI=1S/C16H19NO2/c1-16(12-18,17-13-8-4-3-5-9-13)14-10-6-7-11-15(14)19-2/h3-11,17-18H,12H2,1-2H3. The number of hydrogen-bond donors (Lipinski definition) is 2. The Balaban J connectivity index is 2.36. The van der Waals surface area contributed by atoms with Crippen molar-refractivity contribution in [2.24, 2.45) is 0 Å². The number of ether oxygens (including phenoxy) is 1. The monoisotopic (exact) mass is 257 g/mol. The van der Waals surface area contributed by atoms with Gasteiger partial charge < -0.3 is 15.2 Å². The Morgan fingerprint density at radius 3 is 2.32 bits per heavy atom. The third-order valence-electron chi connectivity index (χ3n) is 3.21. The van der Waals surface area contributed by atoms with Crippen molar-refractivity contribution in [1.82, 2.24) is 0 Å². The number of aliphatic hydroxyl groups is 1. The molecule has 0 saturated heterocycles. The maximum absolute atomic E-state index is 9.80. The van der Waals surface area contributed by atoms with Gasteiger partial charge in [-0.1, -0.05) is 36.4 Å². The largest absolute Gasteiger partial charge is 0.496 e. The first-order chi connectivity index (χ1) is 9.19. The third-order valence-corrected chi connectivity index (χ3v) is 3.21. The molecule has 2 rings (SSSR count). The van der Waals surface area contributed by atoms with Crippen molar-refractivity contribution in [1.29, 1.82) is 0 Å². The molecule has 1 unspecified atom stereocenters. The van der Waals surface area contributed by atoms with E-state index in [1.165, 1.54) is 0 Å². The molecule has 0 radical (unpaired) electrons. The topological polar surface area (TPSA) is 41.5 Å². The van der Waals surface area contributed by atoms with E-state index in [-0.39, 0.29) is 6.61 Å². The molecule has 0 saturated carbocycles. The van der Waals surface area contributed by atoms with Gasteiger partial charge in [-0.25, -0.2) is 0 Å². The lowest BCUT2D eigenvalue weighted by molar-refractivity contribution is 0.220. The Kier molecular flexibility index (Phi) is 4.07. The third kappa shape index (κ3) is 2.88. The molecule has 19 heavy (non-hydrogen) atoms. The van der Waals surface area contributed by atoms with Gasteiger partial charge in [-0.05, 0) is 25.1 Å². The Labute approximate surface area is 113 Å². The van der Waals surface area contributed by atoms with Crippen molar-refractivity contribution in [3.63, 3.8) is 0 Å². The van der Waals surface area contributed by atoms with Gasteiger partial charge in [-0.15, -0.1) is 0 Å². The van der Waals surface area contributed by atoms with Crippen LogP contribution in [0.25, 0.3) is 0 Å². The maximum Gasteiger partial charge on any atom is 0.124 e. The van der Waals surface area contributed by atoms with Gasteiger partial charge in [0, 0.05) is 11.3 Å². The molecule has 0 aliphatic rings. The second kappa shape index (κ2) is 5.76. The van der Waals surface area contributed by atoms with Gasteiger partial charge in [0.15, 0.2) is 0 Å². The van der Waals surface area contributed by atoms with E-state index in [0.717, 1.165) is 17.0 Å². The van der Waals surface area contributed by atoms with Crippen molar-refractivity contribution >= 4 is 5.69 Å². The molecule has 2 aromatic rings. The summed E-state index contributed by atoms with van der Waals surface area (Å²) in [5, 5.41) is 13.2. The van der Waals surface area contributed by atoms with Crippen LogP contribution in [0.4, 0.5) is 5.69 Å². The molecule has 3 heteroatoms. The molecular formula is C16H19NO2. The van der Waals surface area contributed by atoms with E-state index < -0.39 is 5.54 Å². The minimum Gasteiger partial charge on any atom is -0.496 e. The normalized spacial score (nSPS) is 13.6. The minimum atomic E-state index is -0.589. The Hall–Kier alpha value is -2.00. The molecule has 0 amide bonds. The van der Waals surface area contributed by atoms with Crippen molar-refractivity contribution in [3.05, 3.63) is 60.2 Å². The number of methoxy groups -OCH3 is 1. The van der Waals surface area contributed by atoms with Crippen molar-refractivity contribution < 1.29 is 9.84 Å². The first-order valence-corrected chi connectivity index (χ1v) is 6.27. The fraction of sp³-hybridized carbons (Fsp3) is 0.250. The van der Waals surface area contributed by atoms with E-state index in [9.17, 15) is 5.11 Å². The number of benzene rings is 2. The van der Waals surface area contributed by atoms with Crippen LogP contribution in [0.1, 0.15) is 12.5 Å². The van der Waals surface area contributed by atoms with Crippen LogP contribution >= 0.6 is 0 Å². The summed E-state index contributed by atoms with van der Waals surface area (Å²) in [7, 11) is 1.64. The summed E-state index contributed by atoms with van der Waals surface area (Å²) in [5.41, 5.74) is 1.31. The highest BCUT2D eigenvalue weighted by Gasteiger charge is 2.28. The molecule has 0 aliphatic heterocycles. The van der Waals surface area contributed by atoms with Gasteiger partial charge in [-0.3, -0.25) is 0 Å². The van der Waals surface area contributed by atoms with Crippen LogP contribution in [0.2, 0.25) is 0 Å². The zero-order chi connectivity index (χ0) is 13.7. The van der Waals surface area contributed by atoms with Gasteiger partial charge in [0.25, 0.3) is 0 Å². The molecule has 0 bridgehead atoms. The van der Waals surface area contributed by atoms with Crippen LogP contribution in [0.5, 0.6) is 5.75 Å². The number of nitrogens with one attached hydrogen (secondary N) is 1. The highest BCUT2D eigenvalue weighted by molar-refractivity contribution is 5.50. The summed E-state index contributed by atoms with van der Waals surface area (Å²) in [6, 6.07) is 17.6. The number of rotatable bonds is 5. The number of aliphatic hydroxyl groups excluding tert-OH is 1. The lowest BCUT2D eigenvalue weighted by Crippen LogP contribution is -2.36. The lowest BCUT2D eigenvalue weighted by Gasteiger charge is -2.31. The summed E-state index contributed by atoms with van der Waals surface area (Å²) in [6.45, 7) is 1.93. The summed E-state index contributed by atoms with van der Waals surface area (Å²) < 4.78 is 5.38. The molecule has 0 aliphatic carbocycles. The summed E-state index contributed by atoms with van der Waals surface area (Å²) in [5.74, 6) is 0.766. The first kappa shape index (κ1) is 13.4. The van der Waals surface area contributed by atoms with Crippen LogP contribution in [-0.4, -0.2) is 18.8 Å². The zero-order valence-electron chi connectivity index (χ0n) is 11.3. The highest BCUT2D eigenvalue weighted by Crippen LogP contribution is 2.32. The molecule has 3 nitrogen and oxygen atoms in total. The smallest absolute Gasteiger partial charge is 0.124 e. The molecule has 0 spiro atoms. The van der Waals surface area contributed by atoms with E-state index in [1.54, 1.807) is 7.11 Å². The number of anilines is 1. The number of hydrogen-bond acceptors (Lipinski definition) is 3. The summed E-state index contributed by atoms with van der Waals surface area (Å²) in [4.78, 5) is 0. The minimum absolute atomic E-state index is 0.0255. The van der Waals surface area contributed by atoms with E-state index in [1.807, 2.05) is 61.5 Å². The fourth-order valence-electron chi connectivity index (χ4n) is 2.13. The van der Waals surface area contributed by atoms with Gasteiger partial charge in [-0.2, -0.15) is 0 Å². The van der Waals surface area contributed by atoms with Crippen molar-refractivity contribution in [2.45, 2.75) is 12.5 Å². The molecular weight excluding hydrogens is 238 g/mol. The Morgan fingerprint density at radius 1 is 1.05 bits per heavy atom. The average Bonchev–Trinajstić information content (AvgIpc) is 2.48. The summed E-state index contributed by atoms with van der Waals surface area (Å²) >= 11 is 0. The lowest BCUT2D eigenvalue weighted by atomic mass is 9.91. The van der Waals surface area contributed by atoms with Crippen LogP contribution in [0.15, 0.2) is 54.6 Å².